The van der Waals surface area contributed by atoms with Gasteiger partial charge in [-0.2, -0.15) is 0 Å². The number of nitrogens with one attached hydrogen (secondary N) is 1. The molecule has 1 unspecified atom stereocenters. The highest BCUT2D eigenvalue weighted by molar-refractivity contribution is 7.85. The van der Waals surface area contributed by atoms with Gasteiger partial charge in [0.15, 0.2) is 0 Å². The van der Waals surface area contributed by atoms with Crippen molar-refractivity contribution in [3.05, 3.63) is 103 Å². The third-order valence-electron chi connectivity index (χ3n) is 6.98. The Labute approximate surface area is 232 Å². The van der Waals surface area contributed by atoms with Crippen LogP contribution < -0.4 is 9.62 Å². The van der Waals surface area contributed by atoms with Crippen molar-refractivity contribution in [2.45, 2.75) is 0 Å². The fraction of sp³-hybridized carbons (Fsp3) is 0.0968. The highest BCUT2D eigenvalue weighted by Crippen LogP contribution is 2.41. The summed E-state index contributed by atoms with van der Waals surface area (Å²) in [7, 11) is 1.96. The minimum atomic E-state index is -1.34. The quantitative estimate of drug-likeness (QED) is 0.262. The molecule has 9 heteroatoms. The third kappa shape index (κ3) is 4.34. The van der Waals surface area contributed by atoms with Crippen LogP contribution in [0.4, 0.5) is 10.1 Å². The number of hydrogen-bond donors (Lipinski definition) is 1. The Morgan fingerprint density at radius 2 is 1.73 bits per heavy atom. The number of benzene rings is 4. The minimum absolute atomic E-state index is 0.329. The molecule has 1 N–H and O–H groups in total. The van der Waals surface area contributed by atoms with E-state index in [1.165, 1.54) is 12.1 Å². The first-order valence-electron chi connectivity index (χ1n) is 12.5. The molecule has 0 bridgehead atoms. The fourth-order valence-electron chi connectivity index (χ4n) is 4.89. The van der Waals surface area contributed by atoms with Crippen LogP contribution in [0.2, 0.25) is 0 Å². The lowest BCUT2D eigenvalue weighted by Crippen LogP contribution is -2.20. The van der Waals surface area contributed by atoms with Gasteiger partial charge in [0.25, 0.3) is 5.91 Å². The molecule has 6 rings (SSSR count). The molecule has 2 heterocycles. The second-order valence-electron chi connectivity index (χ2n) is 9.33. The van der Waals surface area contributed by atoms with Crippen LogP contribution in [0.5, 0.6) is 0 Å². The molecule has 1 atom stereocenters. The number of hydrogen-bond acceptors (Lipinski definition) is 4. The average Bonchev–Trinajstić information content (AvgIpc) is 3.57. The topological polar surface area (TPSA) is 80.4 Å². The van der Waals surface area contributed by atoms with Gasteiger partial charge in [0, 0.05) is 48.6 Å². The lowest BCUT2D eigenvalue weighted by molar-refractivity contribution is 0.0964. The number of furan rings is 1. The summed E-state index contributed by atoms with van der Waals surface area (Å²) in [5, 5.41) is 3.29. The van der Waals surface area contributed by atoms with Gasteiger partial charge in [-0.05, 0) is 60.2 Å². The van der Waals surface area contributed by atoms with Crippen molar-refractivity contribution in [2.75, 3.05) is 24.7 Å². The van der Waals surface area contributed by atoms with Crippen LogP contribution in [-0.2, 0) is 11.0 Å². The molecular formula is C31H25FN4O3S. The van der Waals surface area contributed by atoms with E-state index in [1.807, 2.05) is 59.2 Å². The molecule has 0 saturated carbocycles. The van der Waals surface area contributed by atoms with E-state index in [4.69, 9.17) is 4.42 Å². The van der Waals surface area contributed by atoms with E-state index >= 15 is 0 Å². The highest BCUT2D eigenvalue weighted by Gasteiger charge is 2.25. The number of anilines is 1. The summed E-state index contributed by atoms with van der Waals surface area (Å²) in [5.74, 6) is -0.389. The molecule has 0 radical (unpaired) electrons. The molecule has 1 amide bonds. The number of carbonyl (C=O) groups is 1. The monoisotopic (exact) mass is 552 g/mol. The van der Waals surface area contributed by atoms with E-state index in [-0.39, 0.29) is 11.7 Å². The number of aromatic nitrogens is 2. The van der Waals surface area contributed by atoms with Crippen molar-refractivity contribution in [2.24, 2.45) is 0 Å². The highest BCUT2D eigenvalue weighted by atomic mass is 32.2. The zero-order valence-electron chi connectivity index (χ0n) is 22.0. The second-order valence-corrected chi connectivity index (χ2v) is 10.7. The Bertz CT molecular complexity index is 1910. The molecule has 0 spiro atoms. The molecule has 2 aromatic heterocycles. The van der Waals surface area contributed by atoms with Crippen LogP contribution in [0.1, 0.15) is 10.4 Å². The zero-order valence-corrected chi connectivity index (χ0v) is 22.8. The summed E-state index contributed by atoms with van der Waals surface area (Å²) in [4.78, 5) is 17.7. The van der Waals surface area contributed by atoms with Crippen molar-refractivity contribution < 1.29 is 17.8 Å². The normalized spacial score (nSPS) is 12.1. The van der Waals surface area contributed by atoms with E-state index in [9.17, 15) is 13.4 Å². The van der Waals surface area contributed by atoms with Gasteiger partial charge >= 0.3 is 0 Å². The summed E-state index contributed by atoms with van der Waals surface area (Å²) in [5.41, 5.74) is 6.36. The molecule has 0 saturated heterocycles. The molecule has 0 fully saturated rings. The smallest absolute Gasteiger partial charge is 0.255 e. The Hall–Kier alpha value is -4.76. The number of fused-ring (bicyclic) bond motifs is 2. The Balaban J connectivity index is 1.62. The molecular weight excluding hydrogens is 527 g/mol. The largest absolute Gasteiger partial charge is 0.455 e. The van der Waals surface area contributed by atoms with Crippen molar-refractivity contribution >= 4 is 44.6 Å². The maximum absolute atomic E-state index is 13.7. The Kier molecular flexibility index (Phi) is 6.43. The summed E-state index contributed by atoms with van der Waals surface area (Å²) < 4.78 is 36.2. The first kappa shape index (κ1) is 25.5. The molecule has 7 nitrogen and oxygen atoms in total. The van der Waals surface area contributed by atoms with Crippen LogP contribution in [0.3, 0.4) is 0 Å². The van der Waals surface area contributed by atoms with Crippen LogP contribution >= 0.6 is 0 Å². The van der Waals surface area contributed by atoms with Crippen LogP contribution in [0.25, 0.3) is 50.1 Å². The summed E-state index contributed by atoms with van der Waals surface area (Å²) in [6.07, 6.45) is 3.39. The van der Waals surface area contributed by atoms with E-state index in [0.29, 0.717) is 33.5 Å². The van der Waals surface area contributed by atoms with Gasteiger partial charge in [-0.15, -0.1) is 0 Å². The van der Waals surface area contributed by atoms with Crippen LogP contribution in [0.15, 0.2) is 95.7 Å². The van der Waals surface area contributed by atoms with Gasteiger partial charge < -0.3 is 9.73 Å². The van der Waals surface area contributed by atoms with E-state index in [2.05, 4.69) is 10.3 Å². The number of imidazole rings is 1. The first-order chi connectivity index (χ1) is 19.4. The van der Waals surface area contributed by atoms with Crippen molar-refractivity contribution in [3.63, 3.8) is 0 Å². The zero-order chi connectivity index (χ0) is 28.0. The SMILES string of the molecule is CNC(=O)c1c(-c2ccc(F)cc2)oc2cc(N(C)S(C)=O)c(-c3ccc4ncn(-c5ccccc5)c4c3)cc12. The van der Waals surface area contributed by atoms with E-state index < -0.39 is 11.0 Å². The van der Waals surface area contributed by atoms with Gasteiger partial charge in [-0.25, -0.2) is 13.6 Å². The maximum Gasteiger partial charge on any atom is 0.255 e. The number of amides is 1. The molecule has 0 aliphatic rings. The number of nitrogens with zero attached hydrogens (tertiary/aromatic N) is 3. The Morgan fingerprint density at radius 3 is 2.42 bits per heavy atom. The lowest BCUT2D eigenvalue weighted by Gasteiger charge is -2.20. The van der Waals surface area contributed by atoms with Gasteiger partial charge in [0.2, 0.25) is 0 Å². The standard InChI is InChI=1S/C31H25FN4O3S/c1-33-31(37)29-24-16-23(20-11-14-25-27(15-20)36(18-34-25)22-7-5-4-6-8-22)26(35(2)40(3)38)17-28(24)39-30(29)19-9-12-21(32)13-10-19/h4-18H,1-3H3,(H,33,37). The fourth-order valence-corrected chi connectivity index (χ4v) is 5.32. The third-order valence-corrected chi connectivity index (χ3v) is 7.95. The maximum atomic E-state index is 13.7. The molecule has 200 valence electrons. The summed E-state index contributed by atoms with van der Waals surface area (Å²) in [6.45, 7) is 0. The summed E-state index contributed by atoms with van der Waals surface area (Å²) >= 11 is 0. The number of rotatable bonds is 6. The van der Waals surface area contributed by atoms with Gasteiger partial charge in [-0.1, -0.05) is 24.3 Å². The minimum Gasteiger partial charge on any atom is -0.455 e. The van der Waals surface area contributed by atoms with Gasteiger partial charge in [0.05, 0.1) is 22.3 Å². The average molecular weight is 553 g/mol. The van der Waals surface area contributed by atoms with Crippen LogP contribution in [-0.4, -0.2) is 40.0 Å². The van der Waals surface area contributed by atoms with Gasteiger partial charge in [0.1, 0.15) is 34.5 Å². The molecule has 0 aliphatic carbocycles. The number of para-hydroxylation sites is 1. The lowest BCUT2D eigenvalue weighted by atomic mass is 9.98. The van der Waals surface area contributed by atoms with E-state index in [0.717, 1.165) is 27.8 Å². The predicted octanol–water partition coefficient (Wildman–Crippen LogP) is 6.33. The van der Waals surface area contributed by atoms with E-state index in [1.54, 1.807) is 49.2 Å². The van der Waals surface area contributed by atoms with Crippen molar-refractivity contribution in [1.29, 1.82) is 0 Å². The molecule has 6 aromatic rings. The molecule has 4 aromatic carbocycles. The Morgan fingerprint density at radius 1 is 1.00 bits per heavy atom. The van der Waals surface area contributed by atoms with Gasteiger partial charge in [-0.3, -0.25) is 13.7 Å². The number of halogens is 1. The molecule has 40 heavy (non-hydrogen) atoms. The first-order valence-corrected chi connectivity index (χ1v) is 14.1. The van der Waals surface area contributed by atoms with Crippen molar-refractivity contribution in [3.8, 4) is 28.1 Å². The van der Waals surface area contributed by atoms with Crippen molar-refractivity contribution in [1.82, 2.24) is 14.9 Å². The molecule has 0 aliphatic heterocycles. The predicted molar refractivity (Wildman–Crippen MR) is 158 cm³/mol. The van der Waals surface area contributed by atoms with Crippen LogP contribution in [0, 0.1) is 5.82 Å². The number of carbonyl (C=O) groups excluding carboxylic acids is 1. The summed E-state index contributed by atoms with van der Waals surface area (Å²) in [6, 6.07) is 25.4. The second kappa shape index (κ2) is 10.1.